The molecular formula is C22H26FN3O4. The lowest BCUT2D eigenvalue weighted by atomic mass is 9.99. The number of benzene rings is 2. The minimum absolute atomic E-state index is 0.103. The van der Waals surface area contributed by atoms with Gasteiger partial charge in [-0.15, -0.1) is 0 Å². The first-order valence-corrected chi connectivity index (χ1v) is 9.71. The second kappa shape index (κ2) is 12.2. The van der Waals surface area contributed by atoms with Crippen LogP contribution in [0.4, 0.5) is 9.18 Å². The lowest BCUT2D eigenvalue weighted by Crippen LogP contribution is -2.43. The number of ether oxygens (including phenoxy) is 1. The van der Waals surface area contributed by atoms with E-state index in [4.69, 9.17) is 4.74 Å². The van der Waals surface area contributed by atoms with E-state index in [9.17, 15) is 18.8 Å². The first-order chi connectivity index (χ1) is 14.5. The minimum Gasteiger partial charge on any atom is -0.466 e. The summed E-state index contributed by atoms with van der Waals surface area (Å²) in [7, 11) is 0. The molecule has 1 unspecified atom stereocenters. The zero-order valence-corrected chi connectivity index (χ0v) is 16.8. The van der Waals surface area contributed by atoms with E-state index in [0.29, 0.717) is 6.42 Å². The summed E-state index contributed by atoms with van der Waals surface area (Å²) >= 11 is 0. The third-order valence-corrected chi connectivity index (χ3v) is 4.27. The van der Waals surface area contributed by atoms with Crippen LogP contribution in [0.25, 0.3) is 0 Å². The number of rotatable bonds is 10. The van der Waals surface area contributed by atoms with Crippen LogP contribution in [0.15, 0.2) is 54.6 Å². The van der Waals surface area contributed by atoms with Crippen molar-refractivity contribution in [1.82, 2.24) is 16.0 Å². The van der Waals surface area contributed by atoms with Crippen molar-refractivity contribution >= 4 is 17.9 Å². The molecular weight excluding hydrogens is 389 g/mol. The molecule has 0 aromatic heterocycles. The van der Waals surface area contributed by atoms with Crippen molar-refractivity contribution < 1.29 is 23.5 Å². The molecule has 0 radical (unpaired) electrons. The Morgan fingerprint density at radius 1 is 0.933 bits per heavy atom. The molecule has 3 N–H and O–H groups in total. The zero-order valence-electron chi connectivity index (χ0n) is 16.8. The Bertz CT molecular complexity index is 828. The molecule has 0 spiro atoms. The molecule has 7 nitrogen and oxygen atoms in total. The number of halogens is 1. The van der Waals surface area contributed by atoms with Crippen molar-refractivity contribution in [2.75, 3.05) is 19.7 Å². The predicted molar refractivity (Wildman–Crippen MR) is 110 cm³/mol. The van der Waals surface area contributed by atoms with Crippen molar-refractivity contribution in [3.63, 3.8) is 0 Å². The van der Waals surface area contributed by atoms with Crippen LogP contribution in [0.1, 0.15) is 18.1 Å². The fourth-order valence-electron chi connectivity index (χ4n) is 2.70. The molecule has 0 aliphatic heterocycles. The van der Waals surface area contributed by atoms with Crippen molar-refractivity contribution in [2.24, 2.45) is 5.92 Å². The van der Waals surface area contributed by atoms with E-state index in [1.165, 1.54) is 12.1 Å². The smallest absolute Gasteiger partial charge is 0.315 e. The van der Waals surface area contributed by atoms with Gasteiger partial charge in [0, 0.05) is 13.1 Å². The average molecular weight is 415 g/mol. The summed E-state index contributed by atoms with van der Waals surface area (Å²) in [5, 5.41) is 7.67. The highest BCUT2D eigenvalue weighted by atomic mass is 19.1. The fraction of sp³-hybridized carbons (Fsp3) is 0.318. The number of carbonyl (C=O) groups is 3. The van der Waals surface area contributed by atoms with Crippen LogP contribution in [0.3, 0.4) is 0 Å². The molecule has 0 bridgehead atoms. The lowest BCUT2D eigenvalue weighted by molar-refractivity contribution is -0.147. The van der Waals surface area contributed by atoms with Crippen LogP contribution in [-0.2, 0) is 27.3 Å². The molecule has 1 atom stereocenters. The van der Waals surface area contributed by atoms with E-state index >= 15 is 0 Å². The summed E-state index contributed by atoms with van der Waals surface area (Å²) in [5.74, 6) is -1.68. The third kappa shape index (κ3) is 8.30. The van der Waals surface area contributed by atoms with Gasteiger partial charge >= 0.3 is 12.0 Å². The van der Waals surface area contributed by atoms with Crippen molar-refractivity contribution in [2.45, 2.75) is 19.9 Å². The van der Waals surface area contributed by atoms with Crippen molar-refractivity contribution in [3.8, 4) is 0 Å². The molecule has 30 heavy (non-hydrogen) atoms. The predicted octanol–water partition coefficient (Wildman–Crippen LogP) is 2.16. The molecule has 0 fully saturated rings. The number of carbonyl (C=O) groups excluding carboxylic acids is 3. The highest BCUT2D eigenvalue weighted by molar-refractivity contribution is 5.84. The van der Waals surface area contributed by atoms with Gasteiger partial charge in [0.05, 0.1) is 19.1 Å². The number of nitrogens with one attached hydrogen (secondary N) is 3. The molecule has 0 heterocycles. The minimum atomic E-state index is -0.527. The average Bonchev–Trinajstić information content (AvgIpc) is 2.75. The van der Waals surface area contributed by atoms with Crippen LogP contribution in [0.2, 0.25) is 0 Å². The quantitative estimate of drug-likeness (QED) is 0.518. The summed E-state index contributed by atoms with van der Waals surface area (Å²) in [4.78, 5) is 36.0. The summed E-state index contributed by atoms with van der Waals surface area (Å²) in [5.41, 5.74) is 1.69. The summed E-state index contributed by atoms with van der Waals surface area (Å²) in [6.07, 6.45) is 0.436. The first-order valence-electron chi connectivity index (χ1n) is 9.71. The van der Waals surface area contributed by atoms with E-state index in [1.807, 2.05) is 30.3 Å². The highest BCUT2D eigenvalue weighted by Gasteiger charge is 2.21. The van der Waals surface area contributed by atoms with Gasteiger partial charge in [-0.25, -0.2) is 9.18 Å². The van der Waals surface area contributed by atoms with Crippen LogP contribution in [0.5, 0.6) is 0 Å². The maximum Gasteiger partial charge on any atom is 0.315 e. The highest BCUT2D eigenvalue weighted by Crippen LogP contribution is 2.10. The Morgan fingerprint density at radius 2 is 1.63 bits per heavy atom. The Kier molecular flexibility index (Phi) is 9.30. The van der Waals surface area contributed by atoms with Crippen molar-refractivity contribution in [1.29, 1.82) is 0 Å². The van der Waals surface area contributed by atoms with E-state index < -0.39 is 17.9 Å². The SMILES string of the molecule is CCOC(=O)C(CNC(=O)CNC(=O)NCc1ccc(F)cc1)Cc1ccccc1. The number of esters is 1. The summed E-state index contributed by atoms with van der Waals surface area (Å²) in [6.45, 7) is 2.05. The van der Waals surface area contributed by atoms with Crippen LogP contribution in [-0.4, -0.2) is 37.6 Å². The second-order valence-corrected chi connectivity index (χ2v) is 6.61. The first kappa shape index (κ1) is 22.9. The number of urea groups is 1. The summed E-state index contributed by atoms with van der Waals surface area (Å²) < 4.78 is 18.0. The Balaban J connectivity index is 1.75. The largest absolute Gasteiger partial charge is 0.466 e. The monoisotopic (exact) mass is 415 g/mol. The van der Waals surface area contributed by atoms with Crippen LogP contribution < -0.4 is 16.0 Å². The number of hydrogen-bond acceptors (Lipinski definition) is 4. The van der Waals surface area contributed by atoms with Gasteiger partial charge in [0.15, 0.2) is 0 Å². The second-order valence-electron chi connectivity index (χ2n) is 6.61. The Hall–Kier alpha value is -3.42. The van der Waals surface area contributed by atoms with Crippen LogP contribution in [0, 0.1) is 11.7 Å². The zero-order chi connectivity index (χ0) is 21.8. The normalized spacial score (nSPS) is 11.3. The Labute approximate surface area is 175 Å². The molecule has 0 aliphatic carbocycles. The molecule has 0 saturated heterocycles. The number of hydrogen-bond donors (Lipinski definition) is 3. The maximum atomic E-state index is 12.9. The van der Waals surface area contributed by atoms with E-state index in [2.05, 4.69) is 16.0 Å². The Morgan fingerprint density at radius 3 is 2.30 bits per heavy atom. The van der Waals surface area contributed by atoms with E-state index in [1.54, 1.807) is 19.1 Å². The fourth-order valence-corrected chi connectivity index (χ4v) is 2.70. The molecule has 2 aromatic rings. The molecule has 8 heteroatoms. The molecule has 160 valence electrons. The third-order valence-electron chi connectivity index (χ3n) is 4.27. The topological polar surface area (TPSA) is 96.5 Å². The van der Waals surface area contributed by atoms with E-state index in [-0.39, 0.29) is 38.0 Å². The van der Waals surface area contributed by atoms with Gasteiger partial charge in [-0.3, -0.25) is 9.59 Å². The lowest BCUT2D eigenvalue weighted by Gasteiger charge is -2.16. The van der Waals surface area contributed by atoms with Gasteiger partial charge < -0.3 is 20.7 Å². The molecule has 0 saturated carbocycles. The standard InChI is InChI=1S/C22H26FN3O4/c1-2-30-21(28)18(12-16-6-4-3-5-7-16)14-24-20(27)15-26-22(29)25-13-17-8-10-19(23)11-9-17/h3-11,18H,2,12-15H2,1H3,(H,24,27)(H2,25,26,29). The number of amides is 3. The van der Waals surface area contributed by atoms with Crippen LogP contribution >= 0.6 is 0 Å². The summed E-state index contributed by atoms with van der Waals surface area (Å²) in [6, 6.07) is 14.7. The van der Waals surface area contributed by atoms with Gasteiger partial charge in [0.25, 0.3) is 0 Å². The molecule has 2 rings (SSSR count). The van der Waals surface area contributed by atoms with Gasteiger partial charge in [-0.1, -0.05) is 42.5 Å². The van der Waals surface area contributed by atoms with Gasteiger partial charge in [-0.2, -0.15) is 0 Å². The molecule has 0 aliphatic rings. The van der Waals surface area contributed by atoms with E-state index in [0.717, 1.165) is 11.1 Å². The molecule has 2 aromatic carbocycles. The van der Waals surface area contributed by atoms with Crippen molar-refractivity contribution in [3.05, 3.63) is 71.5 Å². The van der Waals surface area contributed by atoms with Gasteiger partial charge in [0.2, 0.25) is 5.91 Å². The van der Waals surface area contributed by atoms with Gasteiger partial charge in [-0.05, 0) is 36.6 Å². The maximum absolute atomic E-state index is 12.9. The molecule has 3 amide bonds. The van der Waals surface area contributed by atoms with Gasteiger partial charge in [0.1, 0.15) is 5.82 Å².